The van der Waals surface area contributed by atoms with Crippen molar-refractivity contribution >= 4 is 38.7 Å². The Morgan fingerprint density at radius 3 is 2.57 bits per heavy atom. The normalized spacial score (nSPS) is 17.5. The van der Waals surface area contributed by atoms with Crippen LogP contribution in [0.4, 0.5) is 10.1 Å². The highest BCUT2D eigenvalue weighted by molar-refractivity contribution is 7.87. The van der Waals surface area contributed by atoms with Crippen molar-refractivity contribution in [1.29, 1.82) is 0 Å². The number of hydrogen-bond acceptors (Lipinski definition) is 9. The third kappa shape index (κ3) is 6.39. The standard InChI is InChI=1S/C32H40FN5O7S/c1-19(2)36(5)46(42,43)34-30(39)25-8-7-21(15-27(25)33)31(40)38-12-11-23-24-9-10-28(20(3)29(24)45-32(41)26(23)17-38)37-14-13-35(4)22(16-37)18-44-6/h7-10,15,19,22H,11-14,16-18H2,1-6H3,(H,34,39)/t22-/m1/s1. The molecular formula is C32H40FN5O7S. The summed E-state index contributed by atoms with van der Waals surface area (Å²) in [5.41, 5.74) is 2.52. The van der Waals surface area contributed by atoms with E-state index in [1.54, 1.807) is 21.0 Å². The van der Waals surface area contributed by atoms with Gasteiger partial charge in [0.2, 0.25) is 0 Å². The smallest absolute Gasteiger partial charge is 0.341 e. The quantitative estimate of drug-likeness (QED) is 0.363. The van der Waals surface area contributed by atoms with Gasteiger partial charge in [-0.3, -0.25) is 14.5 Å². The average Bonchev–Trinajstić information content (AvgIpc) is 3.01. The predicted molar refractivity (Wildman–Crippen MR) is 172 cm³/mol. The molecule has 2 aliphatic rings. The molecule has 1 N–H and O–H groups in total. The molecule has 0 unspecified atom stereocenters. The first-order chi connectivity index (χ1) is 21.7. The minimum Gasteiger partial charge on any atom is -0.422 e. The number of carbonyl (C=O) groups excluding carboxylic acids is 2. The Bertz CT molecular complexity index is 1840. The maximum absolute atomic E-state index is 15.0. The number of ether oxygens (including phenoxy) is 1. The van der Waals surface area contributed by atoms with Gasteiger partial charge < -0.3 is 19.0 Å². The minimum atomic E-state index is -4.19. The molecule has 0 saturated carbocycles. The van der Waals surface area contributed by atoms with Gasteiger partial charge in [0.25, 0.3) is 11.8 Å². The first-order valence-electron chi connectivity index (χ1n) is 15.1. The van der Waals surface area contributed by atoms with E-state index in [0.29, 0.717) is 24.2 Å². The molecule has 0 aliphatic carbocycles. The summed E-state index contributed by atoms with van der Waals surface area (Å²) in [5, 5.41) is 0.824. The molecule has 2 aliphatic heterocycles. The summed E-state index contributed by atoms with van der Waals surface area (Å²) in [7, 11) is 0.886. The van der Waals surface area contributed by atoms with Crippen molar-refractivity contribution in [2.24, 2.45) is 0 Å². The Morgan fingerprint density at radius 2 is 1.89 bits per heavy atom. The number of amides is 2. The zero-order chi connectivity index (χ0) is 33.5. The van der Waals surface area contributed by atoms with Crippen LogP contribution in [0.2, 0.25) is 0 Å². The van der Waals surface area contributed by atoms with E-state index in [9.17, 15) is 22.8 Å². The fourth-order valence-corrected chi connectivity index (χ4v) is 7.09. The van der Waals surface area contributed by atoms with Gasteiger partial charge in [0.05, 0.1) is 30.3 Å². The molecule has 5 rings (SSSR count). The van der Waals surface area contributed by atoms with Gasteiger partial charge in [-0.25, -0.2) is 13.9 Å². The molecule has 1 atom stereocenters. The molecule has 1 fully saturated rings. The van der Waals surface area contributed by atoms with Crippen LogP contribution < -0.4 is 15.2 Å². The van der Waals surface area contributed by atoms with Gasteiger partial charge in [0, 0.05) is 68.6 Å². The average molecular weight is 658 g/mol. The maximum atomic E-state index is 15.0. The number of fused-ring (bicyclic) bond motifs is 3. The molecule has 2 aromatic carbocycles. The maximum Gasteiger partial charge on any atom is 0.341 e. The van der Waals surface area contributed by atoms with Crippen molar-refractivity contribution in [3.8, 4) is 0 Å². The second-order valence-electron chi connectivity index (χ2n) is 12.2. The second-order valence-corrected chi connectivity index (χ2v) is 13.9. The number of nitrogens with one attached hydrogen (secondary N) is 1. The summed E-state index contributed by atoms with van der Waals surface area (Å²) in [5.74, 6) is -2.73. The van der Waals surface area contributed by atoms with Crippen LogP contribution in [0.3, 0.4) is 0 Å². The SMILES string of the molecule is COC[C@H]1CN(c2ccc3c4c(c(=O)oc3c2C)CN(C(=O)c2ccc(C(=O)NS(=O)(=O)N(C)C(C)C)c(F)c2)CC4)CCN1C. The fraction of sp³-hybridized carbons (Fsp3) is 0.469. The molecular weight excluding hydrogens is 617 g/mol. The highest BCUT2D eigenvalue weighted by atomic mass is 32.2. The molecule has 3 heterocycles. The molecule has 248 valence electrons. The molecule has 12 nitrogen and oxygen atoms in total. The number of piperazine rings is 1. The minimum absolute atomic E-state index is 0.0198. The van der Waals surface area contributed by atoms with Crippen LogP contribution in [0.25, 0.3) is 11.0 Å². The van der Waals surface area contributed by atoms with E-state index < -0.39 is 45.1 Å². The van der Waals surface area contributed by atoms with Crippen LogP contribution in [0.5, 0.6) is 0 Å². The Hall–Kier alpha value is -3.85. The number of likely N-dealkylation sites (N-methyl/N-ethyl adjacent to an activating group) is 1. The van der Waals surface area contributed by atoms with E-state index >= 15 is 4.39 Å². The van der Waals surface area contributed by atoms with Crippen LogP contribution in [-0.2, 0) is 27.9 Å². The Kier molecular flexibility index (Phi) is 9.55. The molecule has 46 heavy (non-hydrogen) atoms. The first-order valence-corrected chi connectivity index (χ1v) is 16.6. The summed E-state index contributed by atoms with van der Waals surface area (Å²) < 4.78 is 53.8. The molecule has 14 heteroatoms. The second kappa shape index (κ2) is 13.1. The van der Waals surface area contributed by atoms with E-state index in [2.05, 4.69) is 22.9 Å². The Balaban J connectivity index is 1.35. The first kappa shape index (κ1) is 33.5. The predicted octanol–water partition coefficient (Wildman–Crippen LogP) is 2.52. The Labute approximate surface area is 267 Å². The molecule has 1 saturated heterocycles. The van der Waals surface area contributed by atoms with E-state index in [0.717, 1.165) is 58.3 Å². The lowest BCUT2D eigenvalue weighted by atomic mass is 9.95. The number of halogens is 1. The van der Waals surface area contributed by atoms with Crippen molar-refractivity contribution < 1.29 is 31.6 Å². The third-order valence-electron chi connectivity index (χ3n) is 9.04. The van der Waals surface area contributed by atoms with Gasteiger partial charge in [-0.15, -0.1) is 0 Å². The lowest BCUT2D eigenvalue weighted by Gasteiger charge is -2.41. The topological polar surface area (TPSA) is 133 Å². The number of anilines is 1. The molecule has 0 radical (unpaired) electrons. The van der Waals surface area contributed by atoms with Gasteiger partial charge in [-0.1, -0.05) is 0 Å². The van der Waals surface area contributed by atoms with Crippen molar-refractivity contribution in [2.45, 2.75) is 45.8 Å². The van der Waals surface area contributed by atoms with Crippen LogP contribution in [0.1, 0.15) is 51.3 Å². The summed E-state index contributed by atoms with van der Waals surface area (Å²) in [4.78, 5) is 45.2. The third-order valence-corrected chi connectivity index (χ3v) is 10.7. The van der Waals surface area contributed by atoms with Gasteiger partial charge in [-0.05, 0) is 70.1 Å². The van der Waals surface area contributed by atoms with Crippen molar-refractivity contribution in [2.75, 3.05) is 58.9 Å². The number of methoxy groups -OCH3 is 1. The zero-order valence-corrected chi connectivity index (χ0v) is 27.7. The van der Waals surface area contributed by atoms with Crippen molar-refractivity contribution in [3.63, 3.8) is 0 Å². The van der Waals surface area contributed by atoms with Crippen LogP contribution in [0, 0.1) is 12.7 Å². The number of nitrogens with zero attached hydrogens (tertiary/aromatic N) is 4. The van der Waals surface area contributed by atoms with Gasteiger partial charge in [-0.2, -0.15) is 12.7 Å². The van der Waals surface area contributed by atoms with Gasteiger partial charge >= 0.3 is 15.8 Å². The van der Waals surface area contributed by atoms with Crippen LogP contribution >= 0.6 is 0 Å². The monoisotopic (exact) mass is 657 g/mol. The van der Waals surface area contributed by atoms with Gasteiger partial charge in [0.15, 0.2) is 0 Å². The molecule has 3 aromatic rings. The highest BCUT2D eigenvalue weighted by Gasteiger charge is 2.30. The van der Waals surface area contributed by atoms with Crippen molar-refractivity contribution in [3.05, 3.63) is 74.4 Å². The number of carbonyl (C=O) groups is 2. The summed E-state index contributed by atoms with van der Waals surface area (Å²) in [6.45, 7) is 8.57. The lowest BCUT2D eigenvalue weighted by Crippen LogP contribution is -2.53. The van der Waals surface area contributed by atoms with E-state index in [4.69, 9.17) is 9.15 Å². The number of benzene rings is 2. The highest BCUT2D eigenvalue weighted by Crippen LogP contribution is 2.33. The lowest BCUT2D eigenvalue weighted by molar-refractivity contribution is 0.0731. The van der Waals surface area contributed by atoms with E-state index in [-0.39, 0.29) is 24.7 Å². The van der Waals surface area contributed by atoms with E-state index in [1.807, 2.05) is 17.7 Å². The van der Waals surface area contributed by atoms with Crippen LogP contribution in [0.15, 0.2) is 39.5 Å². The number of aryl methyl sites for hydroxylation is 1. The number of hydrogen-bond donors (Lipinski definition) is 1. The molecule has 2 amide bonds. The fourth-order valence-electron chi connectivity index (χ4n) is 6.04. The Morgan fingerprint density at radius 1 is 1.15 bits per heavy atom. The molecule has 1 aromatic heterocycles. The summed E-state index contributed by atoms with van der Waals surface area (Å²) >= 11 is 0. The van der Waals surface area contributed by atoms with Crippen LogP contribution in [-0.4, -0.2) is 100 Å². The zero-order valence-electron chi connectivity index (χ0n) is 26.9. The molecule has 0 spiro atoms. The van der Waals surface area contributed by atoms with Crippen molar-refractivity contribution in [1.82, 2.24) is 18.8 Å². The summed E-state index contributed by atoms with van der Waals surface area (Å²) in [6.07, 6.45) is 0.399. The summed E-state index contributed by atoms with van der Waals surface area (Å²) in [6, 6.07) is 7.06. The van der Waals surface area contributed by atoms with Gasteiger partial charge in [0.1, 0.15) is 11.4 Å². The number of rotatable bonds is 8. The molecule has 0 bridgehead atoms. The van der Waals surface area contributed by atoms with E-state index in [1.165, 1.54) is 18.0 Å². The largest absolute Gasteiger partial charge is 0.422 e.